The Morgan fingerprint density at radius 2 is 1.66 bits per heavy atom. The van der Waals surface area contributed by atoms with E-state index in [1.807, 2.05) is 36.1 Å². The van der Waals surface area contributed by atoms with E-state index in [0.29, 0.717) is 5.89 Å². The largest absolute Gasteiger partial charge is 0.441 e. The molecule has 0 N–H and O–H groups in total. The molecular weight excluding hydrogens is 360 g/mol. The summed E-state index contributed by atoms with van der Waals surface area (Å²) in [5, 5.41) is 4.28. The van der Waals surface area contributed by atoms with E-state index in [4.69, 9.17) is 9.40 Å². The number of nitrogens with zero attached hydrogens (tertiary/aromatic N) is 4. The highest BCUT2D eigenvalue weighted by molar-refractivity contribution is 5.67. The molecule has 148 valence electrons. The van der Waals surface area contributed by atoms with Crippen LogP contribution in [0.4, 0.5) is 0 Å². The predicted octanol–water partition coefficient (Wildman–Crippen LogP) is 5.04. The van der Waals surface area contributed by atoms with Crippen LogP contribution < -0.4 is 0 Å². The molecule has 0 saturated carbocycles. The van der Waals surface area contributed by atoms with Crippen molar-refractivity contribution in [2.45, 2.75) is 26.9 Å². The summed E-state index contributed by atoms with van der Waals surface area (Å²) in [4.78, 5) is 7.14. The summed E-state index contributed by atoms with van der Waals surface area (Å²) in [6.45, 7) is 7.67. The van der Waals surface area contributed by atoms with Crippen molar-refractivity contribution in [3.63, 3.8) is 0 Å². The quantitative estimate of drug-likeness (QED) is 0.426. The Balaban J connectivity index is 1.45. The van der Waals surface area contributed by atoms with E-state index >= 15 is 0 Å². The minimum atomic E-state index is 0.681. The molecule has 0 atom stereocenters. The van der Waals surface area contributed by atoms with Gasteiger partial charge in [-0.3, -0.25) is 9.58 Å². The van der Waals surface area contributed by atoms with Gasteiger partial charge < -0.3 is 4.42 Å². The van der Waals surface area contributed by atoms with Crippen molar-refractivity contribution in [3.8, 4) is 22.6 Å². The molecule has 5 heteroatoms. The molecular formula is C24H26N4O. The number of likely N-dealkylation sites (N-methyl/N-ethyl adjacent to an activating group) is 1. The fourth-order valence-corrected chi connectivity index (χ4v) is 3.37. The van der Waals surface area contributed by atoms with Crippen LogP contribution >= 0.6 is 0 Å². The van der Waals surface area contributed by atoms with Gasteiger partial charge in [0.2, 0.25) is 5.89 Å². The van der Waals surface area contributed by atoms with Gasteiger partial charge in [0.15, 0.2) is 0 Å². The van der Waals surface area contributed by atoms with Gasteiger partial charge in [0.1, 0.15) is 5.76 Å². The standard InChI is InChI=1S/C24H26N4O/c1-3-27(16-17-28-15-7-14-25-28)18-23-19(2)29-24(26-23)22-12-10-21(11-13-22)20-8-5-4-6-9-20/h4-15H,3,16-18H2,1-2H3. The third-order valence-electron chi connectivity index (χ3n) is 5.16. The van der Waals surface area contributed by atoms with Crippen molar-refractivity contribution >= 4 is 0 Å². The first-order chi connectivity index (χ1) is 14.2. The van der Waals surface area contributed by atoms with Gasteiger partial charge in [0, 0.05) is 31.0 Å². The number of aryl methyl sites for hydroxylation is 1. The smallest absolute Gasteiger partial charge is 0.226 e. The monoisotopic (exact) mass is 386 g/mol. The first-order valence-electron chi connectivity index (χ1n) is 10.0. The molecule has 2 aromatic heterocycles. The van der Waals surface area contributed by atoms with Gasteiger partial charge in [-0.2, -0.15) is 5.10 Å². The molecule has 2 heterocycles. The molecule has 0 aliphatic carbocycles. The maximum absolute atomic E-state index is 5.99. The second-order valence-electron chi connectivity index (χ2n) is 7.10. The molecule has 0 fully saturated rings. The maximum Gasteiger partial charge on any atom is 0.226 e. The molecule has 5 nitrogen and oxygen atoms in total. The van der Waals surface area contributed by atoms with Crippen molar-refractivity contribution in [3.05, 3.63) is 84.5 Å². The number of aromatic nitrogens is 3. The Morgan fingerprint density at radius 1 is 0.931 bits per heavy atom. The molecule has 0 radical (unpaired) electrons. The van der Waals surface area contributed by atoms with Crippen LogP contribution in [0.3, 0.4) is 0 Å². The fraction of sp³-hybridized carbons (Fsp3) is 0.250. The summed E-state index contributed by atoms with van der Waals surface area (Å²) in [7, 11) is 0. The SMILES string of the molecule is CCN(CCn1cccn1)Cc1nc(-c2ccc(-c3ccccc3)cc2)oc1C. The van der Waals surface area contributed by atoms with E-state index in [2.05, 4.69) is 65.5 Å². The molecule has 0 aliphatic rings. The second kappa shape index (κ2) is 8.88. The lowest BCUT2D eigenvalue weighted by Gasteiger charge is -2.19. The maximum atomic E-state index is 5.99. The first kappa shape index (κ1) is 19.2. The van der Waals surface area contributed by atoms with Crippen molar-refractivity contribution in [2.24, 2.45) is 0 Å². The topological polar surface area (TPSA) is 47.1 Å². The number of benzene rings is 2. The summed E-state index contributed by atoms with van der Waals surface area (Å²) in [5.74, 6) is 1.56. The zero-order valence-electron chi connectivity index (χ0n) is 17.0. The van der Waals surface area contributed by atoms with E-state index in [9.17, 15) is 0 Å². The molecule has 0 bridgehead atoms. The first-order valence-corrected chi connectivity index (χ1v) is 10.0. The number of oxazole rings is 1. The van der Waals surface area contributed by atoms with Crippen LogP contribution in [0.25, 0.3) is 22.6 Å². The molecule has 0 amide bonds. The Morgan fingerprint density at radius 3 is 2.34 bits per heavy atom. The Hall–Kier alpha value is -3.18. The molecule has 0 spiro atoms. The van der Waals surface area contributed by atoms with E-state index < -0.39 is 0 Å². The summed E-state index contributed by atoms with van der Waals surface area (Å²) in [6, 6.07) is 20.7. The minimum absolute atomic E-state index is 0.681. The van der Waals surface area contributed by atoms with Crippen LogP contribution in [0.2, 0.25) is 0 Å². The zero-order chi connectivity index (χ0) is 20.1. The molecule has 0 unspecified atom stereocenters. The lowest BCUT2D eigenvalue weighted by molar-refractivity contribution is 0.259. The van der Waals surface area contributed by atoms with Gasteiger partial charge in [0.05, 0.1) is 12.2 Å². The van der Waals surface area contributed by atoms with Gasteiger partial charge in [0.25, 0.3) is 0 Å². The average molecular weight is 386 g/mol. The number of rotatable bonds is 8. The molecule has 4 rings (SSSR count). The lowest BCUT2D eigenvalue weighted by atomic mass is 10.0. The normalized spacial score (nSPS) is 11.3. The van der Waals surface area contributed by atoms with E-state index in [1.54, 1.807) is 0 Å². The summed E-state index contributed by atoms with van der Waals surface area (Å²) < 4.78 is 7.94. The predicted molar refractivity (Wildman–Crippen MR) is 115 cm³/mol. The average Bonchev–Trinajstić information content (AvgIpc) is 3.42. The summed E-state index contributed by atoms with van der Waals surface area (Å²) in [5.41, 5.74) is 4.39. The molecule has 0 aliphatic heterocycles. The van der Waals surface area contributed by atoms with Crippen LogP contribution in [0.1, 0.15) is 18.4 Å². The van der Waals surface area contributed by atoms with E-state index in [0.717, 1.165) is 43.2 Å². The van der Waals surface area contributed by atoms with E-state index in [-0.39, 0.29) is 0 Å². The van der Waals surface area contributed by atoms with Crippen molar-refractivity contribution < 1.29 is 4.42 Å². The third-order valence-corrected chi connectivity index (χ3v) is 5.16. The van der Waals surface area contributed by atoms with Gasteiger partial charge in [-0.25, -0.2) is 4.98 Å². The van der Waals surface area contributed by atoms with Crippen molar-refractivity contribution in [1.29, 1.82) is 0 Å². The van der Waals surface area contributed by atoms with Crippen LogP contribution in [0.5, 0.6) is 0 Å². The van der Waals surface area contributed by atoms with Crippen LogP contribution in [-0.2, 0) is 13.1 Å². The van der Waals surface area contributed by atoms with Crippen LogP contribution in [-0.4, -0.2) is 32.8 Å². The highest BCUT2D eigenvalue weighted by Gasteiger charge is 2.14. The van der Waals surface area contributed by atoms with Gasteiger partial charge in [-0.05, 0) is 42.8 Å². The second-order valence-corrected chi connectivity index (χ2v) is 7.10. The molecule has 4 aromatic rings. The number of hydrogen-bond acceptors (Lipinski definition) is 4. The van der Waals surface area contributed by atoms with E-state index in [1.165, 1.54) is 11.1 Å². The van der Waals surface area contributed by atoms with Gasteiger partial charge in [-0.1, -0.05) is 49.4 Å². The highest BCUT2D eigenvalue weighted by Crippen LogP contribution is 2.26. The lowest BCUT2D eigenvalue weighted by Crippen LogP contribution is -2.27. The Kier molecular flexibility index (Phi) is 5.86. The van der Waals surface area contributed by atoms with Crippen LogP contribution in [0, 0.1) is 6.92 Å². The number of hydrogen-bond donors (Lipinski definition) is 0. The Labute approximate surface area is 171 Å². The third kappa shape index (κ3) is 4.63. The van der Waals surface area contributed by atoms with Gasteiger partial charge in [-0.15, -0.1) is 0 Å². The fourth-order valence-electron chi connectivity index (χ4n) is 3.37. The van der Waals surface area contributed by atoms with Crippen molar-refractivity contribution in [2.75, 3.05) is 13.1 Å². The van der Waals surface area contributed by atoms with Crippen LogP contribution in [0.15, 0.2) is 77.5 Å². The highest BCUT2D eigenvalue weighted by atomic mass is 16.4. The Bertz CT molecular complexity index is 1020. The molecule has 0 saturated heterocycles. The summed E-state index contributed by atoms with van der Waals surface area (Å²) in [6.07, 6.45) is 3.81. The van der Waals surface area contributed by atoms with Crippen molar-refractivity contribution in [1.82, 2.24) is 19.7 Å². The molecule has 2 aromatic carbocycles. The van der Waals surface area contributed by atoms with Gasteiger partial charge >= 0.3 is 0 Å². The zero-order valence-corrected chi connectivity index (χ0v) is 17.0. The summed E-state index contributed by atoms with van der Waals surface area (Å²) >= 11 is 0. The molecule has 29 heavy (non-hydrogen) atoms. The minimum Gasteiger partial charge on any atom is -0.441 e.